The summed E-state index contributed by atoms with van der Waals surface area (Å²) in [5, 5.41) is 17.3. The van der Waals surface area contributed by atoms with Gasteiger partial charge in [0.25, 0.3) is 0 Å². The van der Waals surface area contributed by atoms with Crippen LogP contribution in [0.3, 0.4) is 0 Å². The first-order valence-corrected chi connectivity index (χ1v) is 10.8. The highest BCUT2D eigenvalue weighted by atomic mass is 32.2. The zero-order valence-corrected chi connectivity index (χ0v) is 17.4. The van der Waals surface area contributed by atoms with Crippen molar-refractivity contribution in [3.05, 3.63) is 30.3 Å². The lowest BCUT2D eigenvalue weighted by molar-refractivity contribution is -0.0179. The van der Waals surface area contributed by atoms with Crippen molar-refractivity contribution in [1.82, 2.24) is 15.5 Å². The molecule has 1 fully saturated rings. The summed E-state index contributed by atoms with van der Waals surface area (Å²) in [6.07, 6.45) is 1.05. The first-order chi connectivity index (χ1) is 13.1. The maximum Gasteiger partial charge on any atom is 0.191 e. The number of aliphatic hydroxyl groups is 1. The Hall–Kier alpha value is -1.28. The number of hydrogen-bond acceptors (Lipinski definition) is 5. The van der Waals surface area contributed by atoms with Gasteiger partial charge in [-0.1, -0.05) is 18.2 Å². The number of nitrogens with zero attached hydrogens (tertiary/aromatic N) is 2. The highest BCUT2D eigenvalue weighted by molar-refractivity contribution is 7.99. The molecule has 2 rings (SSSR count). The lowest BCUT2D eigenvalue weighted by Crippen LogP contribution is -2.48. The van der Waals surface area contributed by atoms with E-state index in [0.717, 1.165) is 57.5 Å². The van der Waals surface area contributed by atoms with Gasteiger partial charge in [0.2, 0.25) is 0 Å². The lowest BCUT2D eigenvalue weighted by Gasteiger charge is -2.33. The van der Waals surface area contributed by atoms with Crippen LogP contribution in [0, 0.1) is 0 Å². The number of morpholine rings is 1. The standard InChI is InChI=1S/C20H34N4O2S/c1-3-21-19(22-10-7-15-27-18-8-5-4-6-9-18)23-16-20(2,25)17-24-11-13-26-14-12-24/h4-6,8-9,25H,3,7,10-17H2,1-2H3,(H2,21,22,23). The average molecular weight is 395 g/mol. The Kier molecular flexibility index (Phi) is 9.97. The van der Waals surface area contributed by atoms with Crippen molar-refractivity contribution < 1.29 is 9.84 Å². The third-order valence-electron chi connectivity index (χ3n) is 4.22. The molecule has 6 nitrogen and oxygen atoms in total. The maximum absolute atomic E-state index is 10.7. The molecule has 1 atom stereocenters. The van der Waals surface area contributed by atoms with E-state index in [0.29, 0.717) is 13.1 Å². The van der Waals surface area contributed by atoms with E-state index in [1.54, 1.807) is 0 Å². The summed E-state index contributed by atoms with van der Waals surface area (Å²) in [5.41, 5.74) is -0.844. The van der Waals surface area contributed by atoms with Gasteiger partial charge >= 0.3 is 0 Å². The number of aliphatic imine (C=N–C) groups is 1. The summed E-state index contributed by atoms with van der Waals surface area (Å²) in [6.45, 7) is 9.78. The van der Waals surface area contributed by atoms with Gasteiger partial charge in [-0.3, -0.25) is 9.89 Å². The van der Waals surface area contributed by atoms with Crippen molar-refractivity contribution in [2.24, 2.45) is 4.99 Å². The highest BCUT2D eigenvalue weighted by Crippen LogP contribution is 2.17. The van der Waals surface area contributed by atoms with Gasteiger partial charge in [-0.15, -0.1) is 11.8 Å². The Morgan fingerprint density at radius 2 is 2.00 bits per heavy atom. The zero-order chi connectivity index (χ0) is 19.4. The van der Waals surface area contributed by atoms with E-state index in [2.05, 4.69) is 44.8 Å². The molecule has 1 saturated heterocycles. The molecule has 0 aromatic heterocycles. The Balaban J connectivity index is 1.70. The van der Waals surface area contributed by atoms with Crippen LogP contribution in [-0.4, -0.2) is 79.8 Å². The van der Waals surface area contributed by atoms with Crippen molar-refractivity contribution in [3.63, 3.8) is 0 Å². The molecular weight excluding hydrogens is 360 g/mol. The van der Waals surface area contributed by atoms with E-state index < -0.39 is 5.60 Å². The van der Waals surface area contributed by atoms with Crippen molar-refractivity contribution in [2.45, 2.75) is 30.8 Å². The van der Waals surface area contributed by atoms with Crippen molar-refractivity contribution >= 4 is 17.7 Å². The van der Waals surface area contributed by atoms with Gasteiger partial charge < -0.3 is 20.5 Å². The smallest absolute Gasteiger partial charge is 0.191 e. The molecule has 7 heteroatoms. The van der Waals surface area contributed by atoms with E-state index in [1.807, 2.05) is 31.7 Å². The lowest BCUT2D eigenvalue weighted by atomic mass is 10.1. The molecule has 0 amide bonds. The maximum atomic E-state index is 10.7. The predicted octanol–water partition coefficient (Wildman–Crippen LogP) is 1.81. The summed E-state index contributed by atoms with van der Waals surface area (Å²) in [7, 11) is 0. The average Bonchev–Trinajstić information content (AvgIpc) is 2.67. The van der Waals surface area contributed by atoms with Gasteiger partial charge in [0.15, 0.2) is 5.96 Å². The summed E-state index contributed by atoms with van der Waals surface area (Å²) in [5.74, 6) is 1.83. The second kappa shape index (κ2) is 12.2. The Labute approximate surface area is 167 Å². The Morgan fingerprint density at radius 1 is 1.26 bits per heavy atom. The molecule has 0 bridgehead atoms. The van der Waals surface area contributed by atoms with Crippen molar-refractivity contribution in [2.75, 3.05) is 58.2 Å². The molecule has 0 aliphatic carbocycles. The molecule has 1 heterocycles. The zero-order valence-electron chi connectivity index (χ0n) is 16.6. The van der Waals surface area contributed by atoms with Crippen LogP contribution in [0.15, 0.2) is 40.2 Å². The number of β-amino-alcohol motifs (C(OH)–C–C–N with tert-alkyl or cyclic N) is 1. The molecule has 0 radical (unpaired) electrons. The summed E-state index contributed by atoms with van der Waals surface area (Å²) in [4.78, 5) is 8.13. The monoisotopic (exact) mass is 394 g/mol. The van der Waals surface area contributed by atoms with Crippen molar-refractivity contribution in [3.8, 4) is 0 Å². The number of hydrogen-bond donors (Lipinski definition) is 3. The first kappa shape index (κ1) is 22.0. The van der Waals surface area contributed by atoms with Crippen LogP contribution < -0.4 is 10.6 Å². The summed E-state index contributed by atoms with van der Waals surface area (Å²) >= 11 is 1.87. The van der Waals surface area contributed by atoms with Gasteiger partial charge in [-0.05, 0) is 38.2 Å². The number of thioether (sulfide) groups is 1. The topological polar surface area (TPSA) is 69.1 Å². The molecule has 3 N–H and O–H groups in total. The number of guanidine groups is 1. The van der Waals surface area contributed by atoms with Crippen LogP contribution in [0.5, 0.6) is 0 Å². The number of rotatable bonds is 10. The van der Waals surface area contributed by atoms with Crippen LogP contribution in [0.4, 0.5) is 0 Å². The van der Waals surface area contributed by atoms with Gasteiger partial charge in [-0.2, -0.15) is 0 Å². The molecule has 0 spiro atoms. The second-order valence-electron chi connectivity index (χ2n) is 7.02. The van der Waals surface area contributed by atoms with E-state index in [9.17, 15) is 5.11 Å². The van der Waals surface area contributed by atoms with E-state index in [1.165, 1.54) is 4.90 Å². The van der Waals surface area contributed by atoms with E-state index in [4.69, 9.17) is 4.74 Å². The van der Waals surface area contributed by atoms with Gasteiger partial charge in [-0.25, -0.2) is 0 Å². The summed E-state index contributed by atoms with van der Waals surface area (Å²) in [6, 6.07) is 10.5. The third kappa shape index (κ3) is 9.46. The van der Waals surface area contributed by atoms with Crippen LogP contribution >= 0.6 is 11.8 Å². The van der Waals surface area contributed by atoms with Gasteiger partial charge in [0.1, 0.15) is 0 Å². The van der Waals surface area contributed by atoms with Crippen molar-refractivity contribution in [1.29, 1.82) is 0 Å². The largest absolute Gasteiger partial charge is 0.387 e. The highest BCUT2D eigenvalue weighted by Gasteiger charge is 2.25. The van der Waals surface area contributed by atoms with Crippen LogP contribution in [-0.2, 0) is 4.74 Å². The molecule has 152 valence electrons. The molecule has 27 heavy (non-hydrogen) atoms. The second-order valence-corrected chi connectivity index (χ2v) is 8.19. The Bertz CT molecular complexity index is 548. The summed E-state index contributed by atoms with van der Waals surface area (Å²) < 4.78 is 5.36. The van der Waals surface area contributed by atoms with Crippen LogP contribution in [0.2, 0.25) is 0 Å². The fraction of sp³-hybridized carbons (Fsp3) is 0.650. The number of ether oxygens (including phenoxy) is 1. The van der Waals surface area contributed by atoms with E-state index in [-0.39, 0.29) is 0 Å². The van der Waals surface area contributed by atoms with Crippen LogP contribution in [0.25, 0.3) is 0 Å². The molecule has 1 aliphatic heterocycles. The fourth-order valence-corrected chi connectivity index (χ4v) is 3.74. The minimum Gasteiger partial charge on any atom is -0.387 e. The quantitative estimate of drug-likeness (QED) is 0.243. The first-order valence-electron chi connectivity index (χ1n) is 9.81. The molecular formula is C20H34N4O2S. The van der Waals surface area contributed by atoms with Crippen LogP contribution in [0.1, 0.15) is 20.3 Å². The minimum absolute atomic E-state index is 0.373. The number of benzene rings is 1. The molecule has 1 unspecified atom stereocenters. The molecule has 1 aromatic rings. The normalized spacial score (nSPS) is 18.1. The van der Waals surface area contributed by atoms with Gasteiger partial charge in [0, 0.05) is 37.6 Å². The molecule has 1 aliphatic rings. The molecule has 0 saturated carbocycles. The SMILES string of the molecule is CCNC(=NCC(C)(O)CN1CCOCC1)NCCCSc1ccccc1. The molecule has 1 aromatic carbocycles. The minimum atomic E-state index is -0.844. The predicted molar refractivity (Wildman–Crippen MR) is 114 cm³/mol. The Morgan fingerprint density at radius 3 is 2.70 bits per heavy atom. The number of nitrogens with one attached hydrogen (secondary N) is 2. The third-order valence-corrected chi connectivity index (χ3v) is 5.31. The fourth-order valence-electron chi connectivity index (χ4n) is 2.87. The van der Waals surface area contributed by atoms with E-state index >= 15 is 0 Å². The van der Waals surface area contributed by atoms with Gasteiger partial charge in [0.05, 0.1) is 25.4 Å².